The standard InChI is InChI=1S/C13H21NO5S/c1-4-19-8-7-14(2)20(16,17)13-6-5-11(10-15)9-12(13)18-3/h5-6,9,15H,4,7-8,10H2,1-3H3. The van der Waals surface area contributed by atoms with E-state index in [2.05, 4.69) is 0 Å². The van der Waals surface area contributed by atoms with Crippen molar-refractivity contribution in [2.45, 2.75) is 18.4 Å². The lowest BCUT2D eigenvalue weighted by Crippen LogP contribution is -2.30. The van der Waals surface area contributed by atoms with Crippen LogP contribution in [0.5, 0.6) is 5.75 Å². The second-order valence-electron chi connectivity index (χ2n) is 4.17. The molecular formula is C13H21NO5S. The summed E-state index contributed by atoms with van der Waals surface area (Å²) in [7, 11) is -0.748. The largest absolute Gasteiger partial charge is 0.495 e. The van der Waals surface area contributed by atoms with Crippen LogP contribution in [0.1, 0.15) is 12.5 Å². The molecule has 20 heavy (non-hydrogen) atoms. The van der Waals surface area contributed by atoms with E-state index in [0.717, 1.165) is 0 Å². The number of aliphatic hydroxyl groups is 1. The van der Waals surface area contributed by atoms with Gasteiger partial charge < -0.3 is 14.6 Å². The molecule has 0 radical (unpaired) electrons. The summed E-state index contributed by atoms with van der Waals surface area (Å²) in [6.07, 6.45) is 0. The van der Waals surface area contributed by atoms with Crippen molar-refractivity contribution in [2.75, 3.05) is 33.9 Å². The molecule has 1 N–H and O–H groups in total. The number of aliphatic hydroxyl groups excluding tert-OH is 1. The molecule has 0 aliphatic rings. The van der Waals surface area contributed by atoms with E-state index in [0.29, 0.717) is 18.8 Å². The zero-order chi connectivity index (χ0) is 15.2. The minimum absolute atomic E-state index is 0.0798. The highest BCUT2D eigenvalue weighted by atomic mass is 32.2. The number of nitrogens with zero attached hydrogens (tertiary/aromatic N) is 1. The van der Waals surface area contributed by atoms with Gasteiger partial charge in [-0.15, -0.1) is 0 Å². The molecule has 0 atom stereocenters. The third-order valence-corrected chi connectivity index (χ3v) is 4.75. The highest BCUT2D eigenvalue weighted by Gasteiger charge is 2.24. The van der Waals surface area contributed by atoms with Crippen molar-refractivity contribution in [1.29, 1.82) is 0 Å². The van der Waals surface area contributed by atoms with Crippen LogP contribution in [0.4, 0.5) is 0 Å². The Morgan fingerprint density at radius 3 is 2.60 bits per heavy atom. The van der Waals surface area contributed by atoms with E-state index in [4.69, 9.17) is 14.6 Å². The molecule has 0 aliphatic carbocycles. The summed E-state index contributed by atoms with van der Waals surface area (Å²) in [6.45, 7) is 2.83. The van der Waals surface area contributed by atoms with Crippen molar-refractivity contribution in [2.24, 2.45) is 0 Å². The molecule has 1 rings (SSSR count). The Balaban J connectivity index is 3.02. The number of ether oxygens (including phenoxy) is 2. The Labute approximate surface area is 120 Å². The van der Waals surface area contributed by atoms with Crippen molar-refractivity contribution >= 4 is 10.0 Å². The topological polar surface area (TPSA) is 76.1 Å². The van der Waals surface area contributed by atoms with Gasteiger partial charge in [0.1, 0.15) is 10.6 Å². The minimum Gasteiger partial charge on any atom is -0.495 e. The molecule has 0 fully saturated rings. The van der Waals surface area contributed by atoms with Crippen LogP contribution in [0.3, 0.4) is 0 Å². The summed E-state index contributed by atoms with van der Waals surface area (Å²) in [5, 5.41) is 9.07. The lowest BCUT2D eigenvalue weighted by atomic mass is 10.2. The fraction of sp³-hybridized carbons (Fsp3) is 0.538. The van der Waals surface area contributed by atoms with Crippen LogP contribution in [-0.2, 0) is 21.4 Å². The van der Waals surface area contributed by atoms with Crippen molar-refractivity contribution in [1.82, 2.24) is 4.31 Å². The van der Waals surface area contributed by atoms with Gasteiger partial charge in [-0.1, -0.05) is 6.07 Å². The normalized spacial score (nSPS) is 11.8. The third kappa shape index (κ3) is 3.92. The quantitative estimate of drug-likeness (QED) is 0.720. The van der Waals surface area contributed by atoms with Gasteiger partial charge >= 0.3 is 0 Å². The second kappa shape index (κ2) is 7.58. The lowest BCUT2D eigenvalue weighted by Gasteiger charge is -2.19. The van der Waals surface area contributed by atoms with Crippen LogP contribution < -0.4 is 4.74 Å². The van der Waals surface area contributed by atoms with Crippen LogP contribution in [0.25, 0.3) is 0 Å². The summed E-state index contributed by atoms with van der Waals surface area (Å²) >= 11 is 0. The molecule has 114 valence electrons. The maximum atomic E-state index is 12.4. The fourth-order valence-corrected chi connectivity index (χ4v) is 2.94. The molecule has 0 saturated carbocycles. The van der Waals surface area contributed by atoms with Crippen LogP contribution >= 0.6 is 0 Å². The smallest absolute Gasteiger partial charge is 0.246 e. The van der Waals surface area contributed by atoms with Gasteiger partial charge in [0.25, 0.3) is 0 Å². The minimum atomic E-state index is -3.64. The predicted molar refractivity (Wildman–Crippen MR) is 75.2 cm³/mol. The first kappa shape index (κ1) is 16.9. The third-order valence-electron chi connectivity index (χ3n) is 2.85. The van der Waals surface area contributed by atoms with Gasteiger partial charge in [-0.25, -0.2) is 8.42 Å². The highest BCUT2D eigenvalue weighted by Crippen LogP contribution is 2.27. The molecule has 1 aromatic rings. The van der Waals surface area contributed by atoms with E-state index in [9.17, 15) is 8.42 Å². The average Bonchev–Trinajstić information content (AvgIpc) is 2.46. The van der Waals surface area contributed by atoms with Crippen LogP contribution in [0, 0.1) is 0 Å². The molecule has 6 nitrogen and oxygen atoms in total. The predicted octanol–water partition coefficient (Wildman–Crippen LogP) is 0.844. The van der Waals surface area contributed by atoms with Gasteiger partial charge in [0.2, 0.25) is 10.0 Å². The van der Waals surface area contributed by atoms with Crippen molar-refractivity contribution in [3.05, 3.63) is 23.8 Å². The zero-order valence-corrected chi connectivity index (χ0v) is 12.8. The number of methoxy groups -OCH3 is 1. The molecule has 0 heterocycles. The summed E-state index contributed by atoms with van der Waals surface area (Å²) in [6, 6.07) is 4.52. The number of rotatable bonds is 8. The van der Waals surface area contributed by atoms with Gasteiger partial charge in [0.05, 0.1) is 20.3 Å². The van der Waals surface area contributed by atoms with E-state index in [-0.39, 0.29) is 23.8 Å². The summed E-state index contributed by atoms with van der Waals surface area (Å²) in [4.78, 5) is 0.0798. The number of sulfonamides is 1. The van der Waals surface area contributed by atoms with E-state index >= 15 is 0 Å². The first-order chi connectivity index (χ1) is 9.47. The van der Waals surface area contributed by atoms with Crippen LogP contribution in [0.2, 0.25) is 0 Å². The number of benzene rings is 1. The first-order valence-corrected chi connectivity index (χ1v) is 7.73. The van der Waals surface area contributed by atoms with E-state index in [1.54, 1.807) is 6.07 Å². The SMILES string of the molecule is CCOCCN(C)S(=O)(=O)c1ccc(CO)cc1OC. The van der Waals surface area contributed by atoms with Gasteiger partial charge in [-0.3, -0.25) is 0 Å². The number of likely N-dealkylation sites (N-methyl/N-ethyl adjacent to an activating group) is 1. The molecule has 1 aromatic carbocycles. The van der Waals surface area contributed by atoms with Gasteiger partial charge in [0.15, 0.2) is 0 Å². The summed E-state index contributed by atoms with van der Waals surface area (Å²) in [5.74, 6) is 0.222. The molecule has 0 spiro atoms. The summed E-state index contributed by atoms with van der Waals surface area (Å²) < 4.78 is 36.3. The first-order valence-electron chi connectivity index (χ1n) is 6.29. The number of hydrogen-bond donors (Lipinski definition) is 1. The molecular weight excluding hydrogens is 282 g/mol. The summed E-state index contributed by atoms with van der Waals surface area (Å²) in [5.41, 5.74) is 0.595. The molecule has 0 aliphatic heterocycles. The maximum absolute atomic E-state index is 12.4. The van der Waals surface area contributed by atoms with Gasteiger partial charge in [-0.2, -0.15) is 4.31 Å². The van der Waals surface area contributed by atoms with Crippen molar-refractivity contribution < 1.29 is 23.0 Å². The Kier molecular flexibility index (Phi) is 6.41. The van der Waals surface area contributed by atoms with Crippen molar-refractivity contribution in [3.8, 4) is 5.75 Å². The van der Waals surface area contributed by atoms with Crippen molar-refractivity contribution in [3.63, 3.8) is 0 Å². The second-order valence-corrected chi connectivity index (χ2v) is 6.18. The Morgan fingerprint density at radius 2 is 2.05 bits per heavy atom. The highest BCUT2D eigenvalue weighted by molar-refractivity contribution is 7.89. The molecule has 7 heteroatoms. The molecule has 0 amide bonds. The molecule has 0 bridgehead atoms. The van der Waals surface area contributed by atoms with E-state index < -0.39 is 10.0 Å². The van der Waals surface area contributed by atoms with Gasteiger partial charge in [0, 0.05) is 20.2 Å². The fourth-order valence-electron chi connectivity index (χ4n) is 1.65. The monoisotopic (exact) mass is 303 g/mol. The average molecular weight is 303 g/mol. The maximum Gasteiger partial charge on any atom is 0.246 e. The Bertz CT molecular complexity index is 530. The van der Waals surface area contributed by atoms with E-state index in [1.807, 2.05) is 6.92 Å². The number of hydrogen-bond acceptors (Lipinski definition) is 5. The van der Waals surface area contributed by atoms with Crippen LogP contribution in [-0.4, -0.2) is 51.7 Å². The van der Waals surface area contributed by atoms with Gasteiger partial charge in [-0.05, 0) is 24.6 Å². The molecule has 0 saturated heterocycles. The Morgan fingerprint density at radius 1 is 1.35 bits per heavy atom. The molecule has 0 unspecified atom stereocenters. The zero-order valence-electron chi connectivity index (χ0n) is 12.0. The molecule has 0 aromatic heterocycles. The Hall–Kier alpha value is -1.15. The van der Waals surface area contributed by atoms with Crippen LogP contribution in [0.15, 0.2) is 23.1 Å². The lowest BCUT2D eigenvalue weighted by molar-refractivity contribution is 0.138. The van der Waals surface area contributed by atoms with E-state index in [1.165, 1.54) is 30.6 Å².